The molecule has 0 aromatic heterocycles. The van der Waals surface area contributed by atoms with Crippen molar-refractivity contribution in [2.24, 2.45) is 17.3 Å². The molecule has 0 aromatic carbocycles. The Hall–Kier alpha value is -0.0500. The molecular weight excluding hydrogens is 244 g/mol. The van der Waals surface area contributed by atoms with Crippen LogP contribution in [0.2, 0.25) is 0 Å². The number of carboxylic acids is 1. The van der Waals surface area contributed by atoms with Gasteiger partial charge in [-0.15, -0.1) is 0 Å². The summed E-state index contributed by atoms with van der Waals surface area (Å²) in [6, 6.07) is 0. The fourth-order valence-corrected chi connectivity index (χ4v) is 5.84. The lowest BCUT2D eigenvalue weighted by atomic mass is 9.49. The SMILES string of the molecule is O=C([O-])C12CC3CC(CC(Br)(C3)C1)C2. The van der Waals surface area contributed by atoms with Gasteiger partial charge in [0, 0.05) is 15.7 Å². The van der Waals surface area contributed by atoms with Crippen molar-refractivity contribution in [2.75, 3.05) is 0 Å². The zero-order valence-corrected chi connectivity index (χ0v) is 9.68. The summed E-state index contributed by atoms with van der Waals surface area (Å²) in [5, 5.41) is 11.3. The minimum Gasteiger partial charge on any atom is -0.550 e. The van der Waals surface area contributed by atoms with E-state index >= 15 is 0 Å². The number of carbonyl (C=O) groups excluding carboxylic acids is 1. The average Bonchev–Trinajstić information content (AvgIpc) is 1.98. The van der Waals surface area contributed by atoms with Gasteiger partial charge < -0.3 is 9.90 Å². The van der Waals surface area contributed by atoms with Gasteiger partial charge in [-0.2, -0.15) is 0 Å². The fraction of sp³-hybridized carbons (Fsp3) is 0.909. The van der Waals surface area contributed by atoms with E-state index < -0.39 is 11.4 Å². The maximum atomic E-state index is 11.3. The minimum atomic E-state index is -0.796. The summed E-state index contributed by atoms with van der Waals surface area (Å²) < 4.78 is 0.136. The van der Waals surface area contributed by atoms with Gasteiger partial charge in [0.25, 0.3) is 0 Å². The van der Waals surface area contributed by atoms with Gasteiger partial charge >= 0.3 is 0 Å². The van der Waals surface area contributed by atoms with Gasteiger partial charge in [-0.25, -0.2) is 0 Å². The second-order valence-electron chi connectivity index (χ2n) is 5.68. The number of hydrogen-bond acceptors (Lipinski definition) is 2. The van der Waals surface area contributed by atoms with Gasteiger partial charge in [0.1, 0.15) is 0 Å². The highest BCUT2D eigenvalue weighted by atomic mass is 79.9. The van der Waals surface area contributed by atoms with Crippen molar-refractivity contribution in [3.8, 4) is 0 Å². The van der Waals surface area contributed by atoms with E-state index in [1.54, 1.807) is 0 Å². The zero-order valence-electron chi connectivity index (χ0n) is 8.09. The summed E-state index contributed by atoms with van der Waals surface area (Å²) in [5.74, 6) is 0.470. The van der Waals surface area contributed by atoms with Crippen molar-refractivity contribution in [1.82, 2.24) is 0 Å². The lowest BCUT2D eigenvalue weighted by Gasteiger charge is -2.60. The fourth-order valence-electron chi connectivity index (χ4n) is 4.39. The normalized spacial score (nSPS) is 54.9. The Labute approximate surface area is 92.2 Å². The third-order valence-electron chi connectivity index (χ3n) is 4.42. The molecule has 2 nitrogen and oxygen atoms in total. The van der Waals surface area contributed by atoms with Gasteiger partial charge in [-0.1, -0.05) is 15.9 Å². The van der Waals surface area contributed by atoms with Crippen molar-refractivity contribution in [2.45, 2.75) is 42.8 Å². The topological polar surface area (TPSA) is 40.1 Å². The molecule has 4 aliphatic rings. The van der Waals surface area contributed by atoms with Crippen LogP contribution in [0.1, 0.15) is 38.5 Å². The Bertz CT molecular complexity index is 286. The molecule has 0 aliphatic heterocycles. The van der Waals surface area contributed by atoms with Gasteiger partial charge in [-0.3, -0.25) is 0 Å². The summed E-state index contributed by atoms with van der Waals surface area (Å²) in [5.41, 5.74) is -0.479. The first-order valence-electron chi connectivity index (χ1n) is 5.42. The molecule has 4 fully saturated rings. The highest BCUT2D eigenvalue weighted by molar-refractivity contribution is 9.10. The van der Waals surface area contributed by atoms with Gasteiger partial charge in [-0.05, 0) is 50.4 Å². The Balaban J connectivity index is 2.00. The number of alkyl halides is 1. The molecule has 0 amide bonds. The number of aliphatic carboxylic acids is 1. The van der Waals surface area contributed by atoms with Crippen molar-refractivity contribution in [1.29, 1.82) is 0 Å². The number of rotatable bonds is 1. The molecule has 0 heterocycles. The maximum Gasteiger partial charge on any atom is 0.0476 e. The van der Waals surface area contributed by atoms with E-state index in [2.05, 4.69) is 15.9 Å². The van der Waals surface area contributed by atoms with Crippen molar-refractivity contribution < 1.29 is 9.90 Å². The third-order valence-corrected chi connectivity index (χ3v) is 5.35. The summed E-state index contributed by atoms with van der Waals surface area (Å²) in [4.78, 5) is 11.3. The van der Waals surface area contributed by atoms with Crippen LogP contribution in [-0.4, -0.2) is 10.3 Å². The van der Waals surface area contributed by atoms with E-state index in [9.17, 15) is 9.90 Å². The highest BCUT2D eigenvalue weighted by Crippen LogP contribution is 2.64. The Kier molecular flexibility index (Phi) is 1.67. The van der Waals surface area contributed by atoms with Crippen LogP contribution in [0.15, 0.2) is 0 Å². The number of hydrogen-bond donors (Lipinski definition) is 0. The van der Waals surface area contributed by atoms with Crippen LogP contribution >= 0.6 is 15.9 Å². The molecule has 3 heteroatoms. The van der Waals surface area contributed by atoms with Crippen LogP contribution in [0.3, 0.4) is 0 Å². The summed E-state index contributed by atoms with van der Waals surface area (Å²) in [6.07, 6.45) is 6.16. The van der Waals surface area contributed by atoms with Gasteiger partial charge in [0.2, 0.25) is 0 Å². The number of halogens is 1. The van der Waals surface area contributed by atoms with Crippen molar-refractivity contribution >= 4 is 21.9 Å². The minimum absolute atomic E-state index is 0.136. The predicted octanol–water partition coefficient (Wildman–Crippen LogP) is 1.47. The molecule has 2 unspecified atom stereocenters. The highest BCUT2D eigenvalue weighted by Gasteiger charge is 2.57. The molecule has 0 radical (unpaired) electrons. The zero-order chi connectivity index (χ0) is 9.97. The first-order valence-corrected chi connectivity index (χ1v) is 6.21. The predicted molar refractivity (Wildman–Crippen MR) is 53.8 cm³/mol. The van der Waals surface area contributed by atoms with Gasteiger partial charge in [0.05, 0.1) is 0 Å². The van der Waals surface area contributed by atoms with Crippen LogP contribution in [0.5, 0.6) is 0 Å². The molecule has 4 bridgehead atoms. The Morgan fingerprint density at radius 1 is 1.21 bits per heavy atom. The molecule has 14 heavy (non-hydrogen) atoms. The summed E-state index contributed by atoms with van der Waals surface area (Å²) in [6.45, 7) is 0. The molecule has 0 saturated heterocycles. The van der Waals surface area contributed by atoms with E-state index in [0.717, 1.165) is 19.3 Å². The maximum absolute atomic E-state index is 11.3. The van der Waals surface area contributed by atoms with Crippen molar-refractivity contribution in [3.05, 3.63) is 0 Å². The molecular formula is C11H14BrO2-. The summed E-state index contributed by atoms with van der Waals surface area (Å²) >= 11 is 3.77. The molecule has 0 N–H and O–H groups in total. The standard InChI is InChI=1S/C11H15BrO2/c12-11-4-7-1-8(5-11)3-10(2-7,6-11)9(13)14/h7-8H,1-6H2,(H,13,14)/p-1. The largest absolute Gasteiger partial charge is 0.550 e. The quantitative estimate of drug-likeness (QED) is 0.668. The second-order valence-corrected chi connectivity index (χ2v) is 7.36. The Morgan fingerprint density at radius 2 is 1.79 bits per heavy atom. The molecule has 0 aromatic rings. The average molecular weight is 258 g/mol. The smallest absolute Gasteiger partial charge is 0.0476 e. The van der Waals surface area contributed by atoms with Crippen LogP contribution in [0.25, 0.3) is 0 Å². The molecule has 2 atom stereocenters. The van der Waals surface area contributed by atoms with Crippen LogP contribution in [0, 0.1) is 17.3 Å². The third kappa shape index (κ3) is 1.11. The molecule has 78 valence electrons. The van der Waals surface area contributed by atoms with E-state index in [1.165, 1.54) is 19.3 Å². The lowest BCUT2D eigenvalue weighted by molar-refractivity contribution is -0.326. The first kappa shape index (κ1) is 9.20. The van der Waals surface area contributed by atoms with Crippen LogP contribution < -0.4 is 5.11 Å². The number of carbonyl (C=O) groups is 1. The number of carboxylic acid groups (broad SMARTS) is 1. The Morgan fingerprint density at radius 3 is 2.21 bits per heavy atom. The molecule has 4 aliphatic carbocycles. The van der Waals surface area contributed by atoms with Crippen LogP contribution in [-0.2, 0) is 4.79 Å². The molecule has 4 saturated carbocycles. The van der Waals surface area contributed by atoms with E-state index in [0.29, 0.717) is 11.8 Å². The van der Waals surface area contributed by atoms with Crippen molar-refractivity contribution in [3.63, 3.8) is 0 Å². The lowest BCUT2D eigenvalue weighted by Crippen LogP contribution is -2.59. The second kappa shape index (κ2) is 2.55. The van der Waals surface area contributed by atoms with E-state index in [1.807, 2.05) is 0 Å². The van der Waals surface area contributed by atoms with E-state index in [4.69, 9.17) is 0 Å². The summed E-state index contributed by atoms with van der Waals surface area (Å²) in [7, 11) is 0. The molecule has 4 rings (SSSR count). The van der Waals surface area contributed by atoms with Gasteiger partial charge in [0.15, 0.2) is 0 Å². The monoisotopic (exact) mass is 257 g/mol. The van der Waals surface area contributed by atoms with E-state index in [-0.39, 0.29) is 4.32 Å². The molecule has 0 spiro atoms. The van der Waals surface area contributed by atoms with Crippen LogP contribution in [0.4, 0.5) is 0 Å². The first-order chi connectivity index (χ1) is 6.51.